The lowest BCUT2D eigenvalue weighted by Gasteiger charge is -2.16. The van der Waals surface area contributed by atoms with Crippen molar-refractivity contribution in [2.75, 3.05) is 26.8 Å². The van der Waals surface area contributed by atoms with Crippen molar-refractivity contribution in [1.29, 1.82) is 0 Å². The minimum atomic E-state index is 0.0760. The van der Waals surface area contributed by atoms with E-state index in [0.29, 0.717) is 19.7 Å². The molecular formula is C17H21N3O2. The SMILES string of the molecule is COC[C@@H]1CN(C(=O)c2cccn2C)C[C@H]1c1ccccn1. The third-order valence-electron chi connectivity index (χ3n) is 4.34. The highest BCUT2D eigenvalue weighted by Crippen LogP contribution is 2.32. The molecule has 0 aromatic carbocycles. The fourth-order valence-electron chi connectivity index (χ4n) is 3.20. The highest BCUT2D eigenvalue weighted by molar-refractivity contribution is 5.93. The van der Waals surface area contributed by atoms with Crippen molar-refractivity contribution >= 4 is 5.91 Å². The first-order chi connectivity index (χ1) is 10.7. The van der Waals surface area contributed by atoms with Crippen LogP contribution in [0.25, 0.3) is 0 Å². The van der Waals surface area contributed by atoms with E-state index in [4.69, 9.17) is 4.74 Å². The molecule has 1 saturated heterocycles. The first-order valence-electron chi connectivity index (χ1n) is 7.51. The summed E-state index contributed by atoms with van der Waals surface area (Å²) in [4.78, 5) is 19.1. The van der Waals surface area contributed by atoms with Crippen LogP contribution in [0.2, 0.25) is 0 Å². The number of hydrogen-bond acceptors (Lipinski definition) is 3. The molecule has 2 aromatic rings. The Kier molecular flexibility index (Phi) is 4.24. The van der Waals surface area contributed by atoms with Crippen LogP contribution < -0.4 is 0 Å². The van der Waals surface area contributed by atoms with Gasteiger partial charge in [0, 0.05) is 57.2 Å². The number of aryl methyl sites for hydroxylation is 1. The van der Waals surface area contributed by atoms with Gasteiger partial charge in [0.1, 0.15) is 5.69 Å². The maximum absolute atomic E-state index is 12.7. The van der Waals surface area contributed by atoms with Crippen molar-refractivity contribution in [3.63, 3.8) is 0 Å². The Labute approximate surface area is 130 Å². The summed E-state index contributed by atoms with van der Waals surface area (Å²) in [6.07, 6.45) is 3.70. The summed E-state index contributed by atoms with van der Waals surface area (Å²) in [7, 11) is 3.60. The molecule has 0 unspecified atom stereocenters. The highest BCUT2D eigenvalue weighted by atomic mass is 16.5. The predicted molar refractivity (Wildman–Crippen MR) is 83.7 cm³/mol. The zero-order valence-electron chi connectivity index (χ0n) is 13.0. The van der Waals surface area contributed by atoms with E-state index in [1.807, 2.05) is 53.0 Å². The van der Waals surface area contributed by atoms with Crippen LogP contribution in [-0.2, 0) is 11.8 Å². The summed E-state index contributed by atoms with van der Waals surface area (Å²) < 4.78 is 7.21. The van der Waals surface area contributed by atoms with Gasteiger partial charge >= 0.3 is 0 Å². The summed E-state index contributed by atoms with van der Waals surface area (Å²) in [5.74, 6) is 0.585. The minimum absolute atomic E-state index is 0.0760. The molecule has 5 nitrogen and oxygen atoms in total. The Balaban J connectivity index is 1.81. The van der Waals surface area contributed by atoms with Gasteiger partial charge in [0.15, 0.2) is 0 Å². The van der Waals surface area contributed by atoms with Gasteiger partial charge < -0.3 is 14.2 Å². The summed E-state index contributed by atoms with van der Waals surface area (Å²) in [6.45, 7) is 2.03. The fraction of sp³-hybridized carbons (Fsp3) is 0.412. The molecule has 3 rings (SSSR count). The number of likely N-dealkylation sites (tertiary alicyclic amines) is 1. The molecule has 22 heavy (non-hydrogen) atoms. The van der Waals surface area contributed by atoms with Crippen LogP contribution in [0.5, 0.6) is 0 Å². The molecule has 1 aliphatic heterocycles. The van der Waals surface area contributed by atoms with Gasteiger partial charge in [-0.2, -0.15) is 0 Å². The molecule has 2 aromatic heterocycles. The van der Waals surface area contributed by atoms with Gasteiger partial charge in [-0.05, 0) is 24.3 Å². The van der Waals surface area contributed by atoms with Crippen molar-refractivity contribution in [3.05, 3.63) is 54.1 Å². The standard InChI is InChI=1S/C17H21N3O2/c1-19-9-5-7-16(19)17(21)20-10-13(12-22-2)14(11-20)15-6-3-4-8-18-15/h3-9,13-14H,10-12H2,1-2H3/t13-,14+/m0/s1. The normalized spacial score (nSPS) is 21.3. The van der Waals surface area contributed by atoms with E-state index in [-0.39, 0.29) is 17.7 Å². The molecule has 0 N–H and O–H groups in total. The number of carbonyl (C=O) groups is 1. The van der Waals surface area contributed by atoms with Crippen molar-refractivity contribution in [3.8, 4) is 0 Å². The third-order valence-corrected chi connectivity index (χ3v) is 4.34. The Morgan fingerprint density at radius 3 is 2.82 bits per heavy atom. The maximum Gasteiger partial charge on any atom is 0.270 e. The number of rotatable bonds is 4. The van der Waals surface area contributed by atoms with Crippen molar-refractivity contribution in [1.82, 2.24) is 14.5 Å². The van der Waals surface area contributed by atoms with Crippen molar-refractivity contribution < 1.29 is 9.53 Å². The number of amides is 1. The number of nitrogens with zero attached hydrogens (tertiary/aromatic N) is 3. The largest absolute Gasteiger partial charge is 0.384 e. The maximum atomic E-state index is 12.7. The van der Waals surface area contributed by atoms with Gasteiger partial charge in [0.25, 0.3) is 5.91 Å². The van der Waals surface area contributed by atoms with Crippen LogP contribution in [0.15, 0.2) is 42.7 Å². The van der Waals surface area contributed by atoms with E-state index in [2.05, 4.69) is 4.98 Å². The monoisotopic (exact) mass is 299 g/mol. The lowest BCUT2D eigenvalue weighted by atomic mass is 9.93. The zero-order valence-corrected chi connectivity index (χ0v) is 13.0. The molecule has 3 heterocycles. The van der Waals surface area contributed by atoms with E-state index >= 15 is 0 Å². The summed E-state index contributed by atoms with van der Waals surface area (Å²) >= 11 is 0. The molecule has 0 bridgehead atoms. The highest BCUT2D eigenvalue weighted by Gasteiger charge is 2.37. The topological polar surface area (TPSA) is 47.4 Å². The molecule has 2 atom stereocenters. The molecular weight excluding hydrogens is 278 g/mol. The summed E-state index contributed by atoms with van der Waals surface area (Å²) in [5.41, 5.74) is 1.75. The Morgan fingerprint density at radius 1 is 1.32 bits per heavy atom. The van der Waals surface area contributed by atoms with Gasteiger partial charge in [-0.15, -0.1) is 0 Å². The first kappa shape index (κ1) is 14.8. The van der Waals surface area contributed by atoms with Gasteiger partial charge in [0.05, 0.1) is 6.61 Å². The van der Waals surface area contributed by atoms with E-state index in [9.17, 15) is 4.79 Å². The minimum Gasteiger partial charge on any atom is -0.384 e. The van der Waals surface area contributed by atoms with Gasteiger partial charge in [0.2, 0.25) is 0 Å². The second-order valence-electron chi connectivity index (χ2n) is 5.79. The summed E-state index contributed by atoms with van der Waals surface area (Å²) in [6, 6.07) is 9.70. The average molecular weight is 299 g/mol. The van der Waals surface area contributed by atoms with Crippen molar-refractivity contribution in [2.45, 2.75) is 5.92 Å². The van der Waals surface area contributed by atoms with E-state index in [1.54, 1.807) is 13.3 Å². The Bertz CT molecular complexity index is 638. The quantitative estimate of drug-likeness (QED) is 0.866. The van der Waals surface area contributed by atoms with Crippen molar-refractivity contribution in [2.24, 2.45) is 13.0 Å². The van der Waals surface area contributed by atoms with Crippen LogP contribution in [0, 0.1) is 5.92 Å². The molecule has 0 aliphatic carbocycles. The van der Waals surface area contributed by atoms with Crippen LogP contribution >= 0.6 is 0 Å². The van der Waals surface area contributed by atoms with E-state index in [0.717, 1.165) is 11.4 Å². The molecule has 1 amide bonds. The molecule has 1 aliphatic rings. The lowest BCUT2D eigenvalue weighted by Crippen LogP contribution is -2.30. The van der Waals surface area contributed by atoms with Gasteiger partial charge in [-0.25, -0.2) is 0 Å². The Morgan fingerprint density at radius 2 is 2.18 bits per heavy atom. The zero-order chi connectivity index (χ0) is 15.5. The molecule has 116 valence electrons. The molecule has 0 radical (unpaired) electrons. The van der Waals surface area contributed by atoms with Gasteiger partial charge in [-0.1, -0.05) is 6.07 Å². The first-order valence-corrected chi connectivity index (χ1v) is 7.51. The van der Waals surface area contributed by atoms with Crippen LogP contribution in [0.3, 0.4) is 0 Å². The van der Waals surface area contributed by atoms with Crippen LogP contribution in [0.1, 0.15) is 22.1 Å². The number of methoxy groups -OCH3 is 1. The fourth-order valence-corrected chi connectivity index (χ4v) is 3.20. The molecule has 1 fully saturated rings. The average Bonchev–Trinajstić information content (AvgIpc) is 3.14. The van der Waals surface area contributed by atoms with Crippen LogP contribution in [0.4, 0.5) is 0 Å². The number of aromatic nitrogens is 2. The predicted octanol–water partition coefficient (Wildman–Crippen LogP) is 1.92. The Hall–Kier alpha value is -2.14. The second-order valence-corrected chi connectivity index (χ2v) is 5.79. The summed E-state index contributed by atoms with van der Waals surface area (Å²) in [5, 5.41) is 0. The smallest absolute Gasteiger partial charge is 0.270 e. The second kappa shape index (κ2) is 6.32. The molecule has 0 spiro atoms. The number of carbonyl (C=O) groups excluding carboxylic acids is 1. The number of ether oxygens (including phenoxy) is 1. The van der Waals surface area contributed by atoms with Gasteiger partial charge in [-0.3, -0.25) is 9.78 Å². The van der Waals surface area contributed by atoms with E-state index < -0.39 is 0 Å². The molecule has 5 heteroatoms. The lowest BCUT2D eigenvalue weighted by molar-refractivity contribution is 0.0766. The third kappa shape index (κ3) is 2.76. The number of hydrogen-bond donors (Lipinski definition) is 0. The molecule has 0 saturated carbocycles. The van der Waals surface area contributed by atoms with Crippen LogP contribution in [-0.4, -0.2) is 47.2 Å². The van der Waals surface area contributed by atoms with E-state index in [1.165, 1.54) is 0 Å². The number of pyridine rings is 1.